The van der Waals surface area contributed by atoms with Crippen molar-refractivity contribution < 1.29 is 9.47 Å². The molecule has 0 aliphatic carbocycles. The van der Waals surface area contributed by atoms with E-state index in [4.69, 9.17) is 21.1 Å². The van der Waals surface area contributed by atoms with Crippen molar-refractivity contribution in [3.8, 4) is 5.75 Å². The van der Waals surface area contributed by atoms with Gasteiger partial charge in [0.25, 0.3) is 0 Å². The molecule has 0 radical (unpaired) electrons. The molecule has 2 nitrogen and oxygen atoms in total. The average molecular weight is 243 g/mol. The summed E-state index contributed by atoms with van der Waals surface area (Å²) in [6.07, 6.45) is 0.243. The Hall–Kier alpha value is -0.730. The van der Waals surface area contributed by atoms with Crippen molar-refractivity contribution in [2.45, 2.75) is 32.8 Å². The van der Waals surface area contributed by atoms with E-state index in [1.165, 1.54) is 0 Å². The van der Waals surface area contributed by atoms with Gasteiger partial charge in [0.15, 0.2) is 0 Å². The molecule has 0 amide bonds. The summed E-state index contributed by atoms with van der Waals surface area (Å²) in [5.41, 5.74) is 2.15. The number of benzene rings is 1. The minimum Gasteiger partial charge on any atom is -0.491 e. The molecule has 0 aliphatic rings. The molecule has 0 atom stereocenters. The molecule has 0 aromatic heterocycles. The van der Waals surface area contributed by atoms with Crippen LogP contribution in [0, 0.1) is 6.92 Å². The summed E-state index contributed by atoms with van der Waals surface area (Å²) in [6.45, 7) is 7.21. The summed E-state index contributed by atoms with van der Waals surface area (Å²) in [6, 6.07) is 6.00. The van der Waals surface area contributed by atoms with Gasteiger partial charge in [0.1, 0.15) is 12.4 Å². The van der Waals surface area contributed by atoms with Gasteiger partial charge in [0, 0.05) is 5.56 Å². The van der Waals surface area contributed by atoms with Crippen LogP contribution in [0.5, 0.6) is 5.75 Å². The molecular formula is C13H19ClO2. The lowest BCUT2D eigenvalue weighted by molar-refractivity contribution is 0.0550. The van der Waals surface area contributed by atoms with Crippen LogP contribution in [-0.2, 0) is 10.6 Å². The molecular weight excluding hydrogens is 224 g/mol. The minimum absolute atomic E-state index is 0.243. The van der Waals surface area contributed by atoms with Crippen LogP contribution in [-0.4, -0.2) is 19.3 Å². The molecule has 0 saturated carbocycles. The van der Waals surface area contributed by atoms with Crippen molar-refractivity contribution in [1.29, 1.82) is 0 Å². The van der Waals surface area contributed by atoms with Crippen LogP contribution in [0.3, 0.4) is 0 Å². The second-order valence-electron chi connectivity index (χ2n) is 3.96. The van der Waals surface area contributed by atoms with E-state index >= 15 is 0 Å². The van der Waals surface area contributed by atoms with E-state index in [0.717, 1.165) is 16.9 Å². The predicted molar refractivity (Wildman–Crippen MR) is 67.3 cm³/mol. The number of hydrogen-bond acceptors (Lipinski definition) is 2. The normalized spacial score (nSPS) is 10.8. The summed E-state index contributed by atoms with van der Waals surface area (Å²) in [5.74, 6) is 1.37. The Kier molecular flexibility index (Phi) is 5.64. The summed E-state index contributed by atoms with van der Waals surface area (Å²) < 4.78 is 11.1. The summed E-state index contributed by atoms with van der Waals surface area (Å²) in [7, 11) is 0. The predicted octanol–water partition coefficient (Wildman–Crippen LogP) is 3.54. The summed E-state index contributed by atoms with van der Waals surface area (Å²) >= 11 is 5.86. The topological polar surface area (TPSA) is 18.5 Å². The number of rotatable bonds is 6. The summed E-state index contributed by atoms with van der Waals surface area (Å²) in [4.78, 5) is 0. The first-order valence-corrected chi connectivity index (χ1v) is 6.07. The number of para-hydroxylation sites is 1. The van der Waals surface area contributed by atoms with Gasteiger partial charge < -0.3 is 9.47 Å². The Morgan fingerprint density at radius 3 is 2.62 bits per heavy atom. The van der Waals surface area contributed by atoms with E-state index in [1.54, 1.807) is 0 Å². The molecule has 1 aromatic carbocycles. The monoisotopic (exact) mass is 242 g/mol. The molecule has 0 spiro atoms. The SMILES string of the molecule is Cc1cccc(CCl)c1OCCOC(C)C. The van der Waals surface area contributed by atoms with Crippen molar-refractivity contribution in [1.82, 2.24) is 0 Å². The fourth-order valence-corrected chi connectivity index (χ4v) is 1.66. The van der Waals surface area contributed by atoms with E-state index in [-0.39, 0.29) is 6.10 Å². The second-order valence-corrected chi connectivity index (χ2v) is 4.23. The van der Waals surface area contributed by atoms with E-state index in [1.807, 2.05) is 39.0 Å². The van der Waals surface area contributed by atoms with Gasteiger partial charge in [-0.3, -0.25) is 0 Å². The third-order valence-corrected chi connectivity index (χ3v) is 2.51. The molecule has 16 heavy (non-hydrogen) atoms. The fraction of sp³-hybridized carbons (Fsp3) is 0.538. The highest BCUT2D eigenvalue weighted by Crippen LogP contribution is 2.24. The van der Waals surface area contributed by atoms with E-state index in [0.29, 0.717) is 19.1 Å². The summed E-state index contributed by atoms with van der Waals surface area (Å²) in [5, 5.41) is 0. The average Bonchev–Trinajstić information content (AvgIpc) is 2.25. The highest BCUT2D eigenvalue weighted by molar-refractivity contribution is 6.17. The third kappa shape index (κ3) is 4.03. The van der Waals surface area contributed by atoms with Crippen molar-refractivity contribution in [3.05, 3.63) is 29.3 Å². The van der Waals surface area contributed by atoms with Crippen LogP contribution in [0.15, 0.2) is 18.2 Å². The van der Waals surface area contributed by atoms with E-state index in [2.05, 4.69) is 0 Å². The maximum atomic E-state index is 5.86. The van der Waals surface area contributed by atoms with Crippen molar-refractivity contribution >= 4 is 11.6 Å². The number of ether oxygens (including phenoxy) is 2. The molecule has 90 valence electrons. The largest absolute Gasteiger partial charge is 0.491 e. The first kappa shape index (κ1) is 13.3. The van der Waals surface area contributed by atoms with Crippen LogP contribution < -0.4 is 4.74 Å². The molecule has 1 rings (SSSR count). The van der Waals surface area contributed by atoms with Crippen molar-refractivity contribution in [2.75, 3.05) is 13.2 Å². The Bertz CT molecular complexity index is 324. The van der Waals surface area contributed by atoms with Crippen LogP contribution in [0.25, 0.3) is 0 Å². The van der Waals surface area contributed by atoms with Crippen LogP contribution in [0.4, 0.5) is 0 Å². The number of hydrogen-bond donors (Lipinski definition) is 0. The Morgan fingerprint density at radius 1 is 1.25 bits per heavy atom. The maximum absolute atomic E-state index is 5.86. The zero-order valence-corrected chi connectivity index (χ0v) is 10.9. The molecule has 0 heterocycles. The van der Waals surface area contributed by atoms with Gasteiger partial charge >= 0.3 is 0 Å². The van der Waals surface area contributed by atoms with Gasteiger partial charge in [0.2, 0.25) is 0 Å². The Morgan fingerprint density at radius 2 is 2.00 bits per heavy atom. The van der Waals surface area contributed by atoms with E-state index < -0.39 is 0 Å². The number of aryl methyl sites for hydroxylation is 1. The van der Waals surface area contributed by atoms with Gasteiger partial charge in [0.05, 0.1) is 18.6 Å². The standard InChI is InChI=1S/C13H19ClO2/c1-10(2)15-7-8-16-13-11(3)5-4-6-12(13)9-14/h4-6,10H,7-9H2,1-3H3. The highest BCUT2D eigenvalue weighted by atomic mass is 35.5. The lowest BCUT2D eigenvalue weighted by Gasteiger charge is -2.13. The first-order valence-electron chi connectivity index (χ1n) is 5.54. The highest BCUT2D eigenvalue weighted by Gasteiger charge is 2.05. The smallest absolute Gasteiger partial charge is 0.126 e. The third-order valence-electron chi connectivity index (χ3n) is 2.22. The molecule has 1 aromatic rings. The van der Waals surface area contributed by atoms with E-state index in [9.17, 15) is 0 Å². The molecule has 0 fully saturated rings. The van der Waals surface area contributed by atoms with Gasteiger partial charge in [-0.05, 0) is 26.3 Å². The lowest BCUT2D eigenvalue weighted by atomic mass is 10.1. The molecule has 0 saturated heterocycles. The van der Waals surface area contributed by atoms with Crippen LogP contribution >= 0.6 is 11.6 Å². The second kappa shape index (κ2) is 6.77. The minimum atomic E-state index is 0.243. The molecule has 0 bridgehead atoms. The van der Waals surface area contributed by atoms with Gasteiger partial charge in [-0.25, -0.2) is 0 Å². The molecule has 0 unspecified atom stereocenters. The van der Waals surface area contributed by atoms with Crippen LogP contribution in [0.1, 0.15) is 25.0 Å². The quantitative estimate of drug-likeness (QED) is 0.561. The molecule has 3 heteroatoms. The van der Waals surface area contributed by atoms with Crippen molar-refractivity contribution in [2.24, 2.45) is 0 Å². The molecule has 0 aliphatic heterocycles. The van der Waals surface area contributed by atoms with Gasteiger partial charge in [-0.15, -0.1) is 11.6 Å². The molecule has 0 N–H and O–H groups in total. The lowest BCUT2D eigenvalue weighted by Crippen LogP contribution is -2.12. The fourth-order valence-electron chi connectivity index (χ4n) is 1.45. The zero-order chi connectivity index (χ0) is 12.0. The van der Waals surface area contributed by atoms with Crippen molar-refractivity contribution in [3.63, 3.8) is 0 Å². The van der Waals surface area contributed by atoms with Gasteiger partial charge in [-0.2, -0.15) is 0 Å². The zero-order valence-electron chi connectivity index (χ0n) is 10.1. The van der Waals surface area contributed by atoms with Gasteiger partial charge in [-0.1, -0.05) is 18.2 Å². The Balaban J connectivity index is 2.52. The number of halogens is 1. The Labute approximate surface area is 103 Å². The maximum Gasteiger partial charge on any atom is 0.126 e. The number of alkyl halides is 1. The van der Waals surface area contributed by atoms with Crippen LogP contribution in [0.2, 0.25) is 0 Å². The first-order chi connectivity index (χ1) is 7.65.